The average molecular weight is 493 g/mol. The van der Waals surface area contributed by atoms with E-state index < -0.39 is 21.7 Å². The number of carbonyl (C=O) groups is 1. The van der Waals surface area contributed by atoms with E-state index in [1.165, 1.54) is 12.1 Å². The maximum absolute atomic E-state index is 14.4. The summed E-state index contributed by atoms with van der Waals surface area (Å²) in [6, 6.07) is 3.87. The molecule has 3 fully saturated rings. The predicted octanol–water partition coefficient (Wildman–Crippen LogP) is 1.89. The molecule has 0 radical (unpaired) electrons. The van der Waals surface area contributed by atoms with Crippen LogP contribution in [0, 0.1) is 5.82 Å². The van der Waals surface area contributed by atoms with Crippen molar-refractivity contribution in [3.63, 3.8) is 0 Å². The highest BCUT2D eigenvalue weighted by molar-refractivity contribution is 7.90. The monoisotopic (exact) mass is 492 g/mol. The van der Waals surface area contributed by atoms with Gasteiger partial charge in [-0.1, -0.05) is 0 Å². The fourth-order valence-corrected chi connectivity index (χ4v) is 5.61. The number of sulfone groups is 1. The zero-order chi connectivity index (χ0) is 23.9. The molecule has 0 aliphatic carbocycles. The number of likely N-dealkylation sites (tertiary alicyclic amines) is 1. The van der Waals surface area contributed by atoms with Gasteiger partial charge in [-0.25, -0.2) is 12.8 Å². The molecule has 1 N–H and O–H groups in total. The predicted molar refractivity (Wildman–Crippen MR) is 124 cm³/mol. The summed E-state index contributed by atoms with van der Waals surface area (Å²) in [6.45, 7) is 3.95. The summed E-state index contributed by atoms with van der Waals surface area (Å²) in [5.74, 6) is -0.141. The molecule has 2 aromatic rings. The third-order valence-corrected chi connectivity index (χ3v) is 8.02. The van der Waals surface area contributed by atoms with E-state index in [2.05, 4.69) is 25.3 Å². The number of piperidine rings is 1. The molecule has 1 atom stereocenters. The van der Waals surface area contributed by atoms with Crippen LogP contribution in [-0.4, -0.2) is 80.4 Å². The van der Waals surface area contributed by atoms with Gasteiger partial charge in [0, 0.05) is 45.0 Å². The normalized spacial score (nSPS) is 22.1. The van der Waals surface area contributed by atoms with Gasteiger partial charge in [-0.3, -0.25) is 4.79 Å². The fourth-order valence-electron chi connectivity index (χ4n) is 4.98. The molecule has 12 heteroatoms. The smallest absolute Gasteiger partial charge is 0.325 e. The largest absolute Gasteiger partial charge is 0.371 e. The van der Waals surface area contributed by atoms with Crippen LogP contribution in [-0.2, 0) is 14.6 Å². The van der Waals surface area contributed by atoms with Gasteiger partial charge in [0.1, 0.15) is 11.9 Å². The molecule has 0 spiro atoms. The van der Waals surface area contributed by atoms with Crippen LogP contribution in [0.1, 0.15) is 32.1 Å². The second kappa shape index (κ2) is 9.05. The zero-order valence-corrected chi connectivity index (χ0v) is 19.9. The number of benzene rings is 1. The molecular weight excluding hydrogens is 463 g/mol. The van der Waals surface area contributed by atoms with Crippen molar-refractivity contribution in [2.75, 3.05) is 54.1 Å². The molecule has 1 amide bonds. The molecule has 1 aromatic carbocycles. The highest BCUT2D eigenvalue weighted by Gasteiger charge is 2.38. The number of carbonyl (C=O) groups excluding carboxylic acids is 1. The Balaban J connectivity index is 1.16. The second-order valence-corrected chi connectivity index (χ2v) is 11.2. The number of hydrogen-bond acceptors (Lipinski definition) is 9. The lowest BCUT2D eigenvalue weighted by molar-refractivity contribution is -0.130. The van der Waals surface area contributed by atoms with Crippen LogP contribution in [0.2, 0.25) is 0 Å². The first-order chi connectivity index (χ1) is 16.3. The molecule has 3 saturated heterocycles. The number of aromatic nitrogens is 2. The van der Waals surface area contributed by atoms with Gasteiger partial charge in [0.25, 0.3) is 5.95 Å². The number of anilines is 3. The van der Waals surface area contributed by atoms with Crippen molar-refractivity contribution in [2.45, 2.75) is 49.1 Å². The van der Waals surface area contributed by atoms with Crippen LogP contribution < -0.4 is 15.1 Å². The Bertz CT molecular complexity index is 1160. The summed E-state index contributed by atoms with van der Waals surface area (Å²) in [5.41, 5.74) is 0.133. The number of nitrogens with one attached hydrogen (secondary N) is 1. The van der Waals surface area contributed by atoms with Crippen molar-refractivity contribution in [3.05, 3.63) is 24.0 Å². The SMILES string of the molecule is CS(=O)(=O)c1ccc(N[C@H]2CCN(C3CCN(c4noc(N5CCCC5)n4)CC3)C2=O)c(F)c1. The van der Waals surface area contributed by atoms with E-state index in [1.54, 1.807) is 0 Å². The molecule has 10 nitrogen and oxygen atoms in total. The Kier molecular flexibility index (Phi) is 6.09. The minimum absolute atomic E-state index is 0.0547. The summed E-state index contributed by atoms with van der Waals surface area (Å²) in [7, 11) is -3.50. The van der Waals surface area contributed by atoms with E-state index in [1.807, 2.05) is 4.90 Å². The van der Waals surface area contributed by atoms with Crippen molar-refractivity contribution in [1.29, 1.82) is 0 Å². The third-order valence-electron chi connectivity index (χ3n) is 6.91. The van der Waals surface area contributed by atoms with E-state index in [9.17, 15) is 17.6 Å². The number of rotatable bonds is 6. The highest BCUT2D eigenvalue weighted by Crippen LogP contribution is 2.28. The topological polar surface area (TPSA) is 112 Å². The Labute approximate surface area is 198 Å². The van der Waals surface area contributed by atoms with Crippen LogP contribution in [0.15, 0.2) is 27.6 Å². The van der Waals surface area contributed by atoms with Crippen LogP contribution in [0.3, 0.4) is 0 Å². The molecule has 1 aromatic heterocycles. The Hall–Kier alpha value is -2.89. The van der Waals surface area contributed by atoms with Gasteiger partial charge in [-0.05, 0) is 55.5 Å². The van der Waals surface area contributed by atoms with Crippen molar-refractivity contribution >= 4 is 33.4 Å². The molecule has 34 heavy (non-hydrogen) atoms. The van der Waals surface area contributed by atoms with Gasteiger partial charge in [0.15, 0.2) is 9.84 Å². The van der Waals surface area contributed by atoms with Gasteiger partial charge in [0.05, 0.1) is 10.6 Å². The lowest BCUT2D eigenvalue weighted by atomic mass is 10.0. The molecular formula is C22H29FN6O4S. The van der Waals surface area contributed by atoms with Crippen LogP contribution in [0.25, 0.3) is 0 Å². The summed E-state index contributed by atoms with van der Waals surface area (Å²) in [5, 5.41) is 7.11. The lowest BCUT2D eigenvalue weighted by Gasteiger charge is -2.36. The number of amides is 1. The molecule has 3 aliphatic rings. The van der Waals surface area contributed by atoms with Crippen molar-refractivity contribution in [2.24, 2.45) is 0 Å². The van der Waals surface area contributed by atoms with Crippen LogP contribution in [0.4, 0.5) is 22.0 Å². The second-order valence-electron chi connectivity index (χ2n) is 9.22. The Morgan fingerprint density at radius 1 is 1.06 bits per heavy atom. The minimum Gasteiger partial charge on any atom is -0.371 e. The van der Waals surface area contributed by atoms with E-state index in [-0.39, 0.29) is 22.5 Å². The maximum atomic E-state index is 14.4. The molecule has 0 unspecified atom stereocenters. The molecule has 5 rings (SSSR count). The van der Waals surface area contributed by atoms with Gasteiger partial charge in [-0.2, -0.15) is 4.98 Å². The summed E-state index contributed by atoms with van der Waals surface area (Å²) >= 11 is 0. The summed E-state index contributed by atoms with van der Waals surface area (Å²) in [6.07, 6.45) is 5.47. The van der Waals surface area contributed by atoms with Gasteiger partial charge < -0.3 is 24.5 Å². The van der Waals surface area contributed by atoms with Gasteiger partial charge in [-0.15, -0.1) is 0 Å². The zero-order valence-electron chi connectivity index (χ0n) is 19.1. The number of nitrogens with zero attached hydrogens (tertiary/aromatic N) is 5. The van der Waals surface area contributed by atoms with Crippen LogP contribution >= 0.6 is 0 Å². The van der Waals surface area contributed by atoms with Crippen molar-refractivity contribution in [3.8, 4) is 0 Å². The van der Waals surface area contributed by atoms with Gasteiger partial charge in [0.2, 0.25) is 5.91 Å². The molecule has 0 saturated carbocycles. The minimum atomic E-state index is -3.50. The van der Waals surface area contributed by atoms with E-state index in [0.29, 0.717) is 24.9 Å². The van der Waals surface area contributed by atoms with Crippen molar-refractivity contribution in [1.82, 2.24) is 15.0 Å². The standard InChI is InChI=1S/C22H29FN6O4S/c1-34(31,32)16-4-5-18(17(23)14-16)24-19-8-13-29(20(19)30)15-6-11-27(12-7-15)21-25-22(33-26-21)28-9-2-3-10-28/h4-5,14-15,19,24H,2-3,6-13H2,1H3/t19-/m0/s1. The first-order valence-electron chi connectivity index (χ1n) is 11.7. The van der Waals surface area contributed by atoms with E-state index >= 15 is 0 Å². The quantitative estimate of drug-likeness (QED) is 0.646. The Morgan fingerprint density at radius 2 is 1.79 bits per heavy atom. The first kappa shape index (κ1) is 22.9. The summed E-state index contributed by atoms with van der Waals surface area (Å²) in [4.78, 5) is 23.6. The lowest BCUT2D eigenvalue weighted by Crippen LogP contribution is -2.47. The third kappa shape index (κ3) is 4.55. The fraction of sp³-hybridized carbons (Fsp3) is 0.591. The molecule has 4 heterocycles. The van der Waals surface area contributed by atoms with Crippen LogP contribution in [0.5, 0.6) is 0 Å². The molecule has 0 bridgehead atoms. The highest BCUT2D eigenvalue weighted by atomic mass is 32.2. The van der Waals surface area contributed by atoms with E-state index in [4.69, 9.17) is 4.52 Å². The van der Waals surface area contributed by atoms with E-state index in [0.717, 1.165) is 64.2 Å². The molecule has 184 valence electrons. The van der Waals surface area contributed by atoms with Gasteiger partial charge >= 0.3 is 6.01 Å². The van der Waals surface area contributed by atoms with Crippen molar-refractivity contribution < 1.29 is 22.1 Å². The molecule has 3 aliphatic heterocycles. The maximum Gasteiger partial charge on any atom is 0.325 e. The Morgan fingerprint density at radius 3 is 2.47 bits per heavy atom. The summed E-state index contributed by atoms with van der Waals surface area (Å²) < 4.78 is 43.1. The number of halogens is 1. The average Bonchev–Trinajstić information content (AvgIpc) is 3.56. The number of hydrogen-bond donors (Lipinski definition) is 1. The first-order valence-corrected chi connectivity index (χ1v) is 13.6.